The van der Waals surface area contributed by atoms with Crippen LogP contribution in [0.4, 0.5) is 0 Å². The van der Waals surface area contributed by atoms with Gasteiger partial charge in [-0.25, -0.2) is 0 Å². The van der Waals surface area contributed by atoms with Crippen LogP contribution >= 0.6 is 0 Å². The maximum atomic E-state index is 12.5. The monoisotopic (exact) mass is 472 g/mol. The Hall–Kier alpha value is -3.58. The van der Waals surface area contributed by atoms with Crippen LogP contribution in [0.2, 0.25) is 0 Å². The van der Waals surface area contributed by atoms with Crippen molar-refractivity contribution in [1.82, 2.24) is 19.7 Å². The molecule has 0 spiro atoms. The maximum absolute atomic E-state index is 12.5. The number of aromatic amines is 1. The minimum atomic E-state index is -0.109. The van der Waals surface area contributed by atoms with Crippen molar-refractivity contribution in [2.24, 2.45) is 7.05 Å². The number of pyridine rings is 1. The Balaban J connectivity index is 1.51. The van der Waals surface area contributed by atoms with Crippen LogP contribution in [0.3, 0.4) is 0 Å². The minimum Gasteiger partial charge on any atom is -0.496 e. The minimum absolute atomic E-state index is 0.109. The van der Waals surface area contributed by atoms with E-state index in [1.807, 2.05) is 18.3 Å². The van der Waals surface area contributed by atoms with Gasteiger partial charge in [-0.05, 0) is 46.7 Å². The van der Waals surface area contributed by atoms with E-state index in [2.05, 4.69) is 47.1 Å². The molecule has 0 saturated heterocycles. The van der Waals surface area contributed by atoms with Gasteiger partial charge in [-0.15, -0.1) is 0 Å². The fourth-order valence-electron chi connectivity index (χ4n) is 5.27. The first kappa shape index (κ1) is 23.2. The number of aryl methyl sites for hydroxylation is 1. The molecule has 0 aliphatic carbocycles. The highest BCUT2D eigenvalue weighted by atomic mass is 16.5. The van der Waals surface area contributed by atoms with Gasteiger partial charge in [0.25, 0.3) is 5.56 Å². The first-order valence-electron chi connectivity index (χ1n) is 12.0. The molecule has 0 radical (unpaired) electrons. The second-order valence-electron chi connectivity index (χ2n) is 9.58. The van der Waals surface area contributed by atoms with Gasteiger partial charge in [-0.3, -0.25) is 14.8 Å². The summed E-state index contributed by atoms with van der Waals surface area (Å²) in [5.74, 6) is 2.07. The van der Waals surface area contributed by atoms with Crippen LogP contribution in [0.1, 0.15) is 42.0 Å². The first-order chi connectivity index (χ1) is 16.9. The van der Waals surface area contributed by atoms with Crippen LogP contribution < -0.4 is 15.0 Å². The zero-order valence-corrected chi connectivity index (χ0v) is 21.0. The third kappa shape index (κ3) is 4.10. The van der Waals surface area contributed by atoms with E-state index in [9.17, 15) is 4.79 Å². The third-order valence-corrected chi connectivity index (χ3v) is 7.09. The van der Waals surface area contributed by atoms with Crippen molar-refractivity contribution in [2.75, 3.05) is 20.8 Å². The lowest BCUT2D eigenvalue weighted by Crippen LogP contribution is -2.31. The number of nitrogens with zero attached hydrogens (tertiary/aromatic N) is 3. The van der Waals surface area contributed by atoms with Gasteiger partial charge < -0.3 is 14.0 Å². The van der Waals surface area contributed by atoms with Crippen molar-refractivity contribution >= 4 is 10.9 Å². The highest BCUT2D eigenvalue weighted by Gasteiger charge is 2.23. The second-order valence-corrected chi connectivity index (χ2v) is 9.58. The summed E-state index contributed by atoms with van der Waals surface area (Å²) in [4.78, 5) is 14.9. The molecule has 0 amide bonds. The summed E-state index contributed by atoms with van der Waals surface area (Å²) in [6, 6.07) is 10.7. The molecule has 2 aromatic heterocycles. The average Bonchev–Trinajstić information content (AvgIpc) is 3.36. The van der Waals surface area contributed by atoms with Gasteiger partial charge in [0.1, 0.15) is 17.0 Å². The van der Waals surface area contributed by atoms with Gasteiger partial charge in [0.15, 0.2) is 0 Å². The number of ether oxygens (including phenoxy) is 2. The Morgan fingerprint density at radius 3 is 2.57 bits per heavy atom. The third-order valence-electron chi connectivity index (χ3n) is 7.09. The standard InChI is InChI=1S/C28H32N4O3/c1-17(2)20-8-6-7-18-14-32(10-9-21(18)20)16-24-25(34-4)11-19(12-26(24)35-5)23-15-31(3)28(33)27-22(23)13-29-30-27/h6-8,11-13,15,17H,9-10,14,16H2,1-5H3,(H,29,30). The van der Waals surface area contributed by atoms with E-state index in [0.717, 1.165) is 59.6 Å². The van der Waals surface area contributed by atoms with Crippen LogP contribution in [-0.2, 0) is 26.6 Å². The molecule has 0 bridgehead atoms. The van der Waals surface area contributed by atoms with Crippen LogP contribution in [0.5, 0.6) is 11.5 Å². The van der Waals surface area contributed by atoms with Gasteiger partial charge in [0, 0.05) is 43.8 Å². The van der Waals surface area contributed by atoms with E-state index in [0.29, 0.717) is 11.4 Å². The van der Waals surface area contributed by atoms with Gasteiger partial charge in [-0.1, -0.05) is 32.0 Å². The molecule has 0 unspecified atom stereocenters. The summed E-state index contributed by atoms with van der Waals surface area (Å²) >= 11 is 0. The number of methoxy groups -OCH3 is 2. The SMILES string of the molecule is COc1cc(-c2cn(C)c(=O)c3[nH]ncc23)cc(OC)c1CN1CCc2c(cccc2C(C)C)C1. The largest absolute Gasteiger partial charge is 0.496 e. The van der Waals surface area contributed by atoms with E-state index in [4.69, 9.17) is 9.47 Å². The van der Waals surface area contributed by atoms with Crippen LogP contribution in [0, 0.1) is 0 Å². The van der Waals surface area contributed by atoms with E-state index >= 15 is 0 Å². The Kier molecular flexibility index (Phi) is 6.11. The number of benzene rings is 2. The fourth-order valence-corrected chi connectivity index (χ4v) is 5.27. The Morgan fingerprint density at radius 1 is 1.14 bits per heavy atom. The number of hydrogen-bond donors (Lipinski definition) is 1. The van der Waals surface area contributed by atoms with Crippen molar-refractivity contribution in [1.29, 1.82) is 0 Å². The molecule has 0 atom stereocenters. The molecular weight excluding hydrogens is 440 g/mol. The zero-order valence-electron chi connectivity index (χ0n) is 21.0. The molecule has 5 rings (SSSR count). The van der Waals surface area contributed by atoms with Crippen molar-refractivity contribution in [2.45, 2.75) is 39.3 Å². The predicted molar refractivity (Wildman–Crippen MR) is 138 cm³/mol. The predicted octanol–water partition coefficient (Wildman–Crippen LogP) is 4.63. The molecule has 2 aromatic carbocycles. The molecule has 4 aromatic rings. The summed E-state index contributed by atoms with van der Waals surface area (Å²) in [7, 11) is 5.13. The average molecular weight is 473 g/mol. The van der Waals surface area contributed by atoms with Crippen molar-refractivity contribution in [3.05, 3.63) is 75.3 Å². The first-order valence-corrected chi connectivity index (χ1v) is 12.0. The summed E-state index contributed by atoms with van der Waals surface area (Å²) in [5, 5.41) is 7.70. The molecular formula is C28H32N4O3. The van der Waals surface area contributed by atoms with Gasteiger partial charge in [0.2, 0.25) is 0 Å². The summed E-state index contributed by atoms with van der Waals surface area (Å²) in [5.41, 5.74) is 7.58. The van der Waals surface area contributed by atoms with E-state index in [-0.39, 0.29) is 5.56 Å². The summed E-state index contributed by atoms with van der Waals surface area (Å²) in [6.07, 6.45) is 4.57. The summed E-state index contributed by atoms with van der Waals surface area (Å²) < 4.78 is 13.3. The Labute approximate surface area is 205 Å². The molecule has 1 N–H and O–H groups in total. The van der Waals surface area contributed by atoms with Gasteiger partial charge in [0.05, 0.1) is 26.0 Å². The topological polar surface area (TPSA) is 72.4 Å². The number of nitrogens with one attached hydrogen (secondary N) is 1. The highest BCUT2D eigenvalue weighted by Crippen LogP contribution is 2.38. The normalized spacial score (nSPS) is 13.9. The Bertz CT molecular complexity index is 1430. The van der Waals surface area contributed by atoms with Crippen molar-refractivity contribution in [3.8, 4) is 22.6 Å². The van der Waals surface area contributed by atoms with Crippen molar-refractivity contribution < 1.29 is 9.47 Å². The van der Waals surface area contributed by atoms with Gasteiger partial charge >= 0.3 is 0 Å². The molecule has 35 heavy (non-hydrogen) atoms. The number of rotatable bonds is 6. The molecule has 0 fully saturated rings. The van der Waals surface area contributed by atoms with Crippen LogP contribution in [0.15, 0.2) is 47.5 Å². The molecule has 7 heteroatoms. The molecule has 1 aliphatic rings. The summed E-state index contributed by atoms with van der Waals surface area (Å²) in [6.45, 7) is 7.15. The van der Waals surface area contributed by atoms with E-state index in [1.165, 1.54) is 16.7 Å². The number of fused-ring (bicyclic) bond motifs is 2. The number of H-pyrrole nitrogens is 1. The molecule has 3 heterocycles. The maximum Gasteiger partial charge on any atom is 0.276 e. The lowest BCUT2D eigenvalue weighted by Gasteiger charge is -2.31. The van der Waals surface area contributed by atoms with Crippen molar-refractivity contribution in [3.63, 3.8) is 0 Å². The van der Waals surface area contributed by atoms with E-state index in [1.54, 1.807) is 32.0 Å². The van der Waals surface area contributed by atoms with Crippen LogP contribution in [-0.4, -0.2) is 40.4 Å². The number of hydrogen-bond acceptors (Lipinski definition) is 5. The van der Waals surface area contributed by atoms with E-state index < -0.39 is 0 Å². The molecule has 7 nitrogen and oxygen atoms in total. The zero-order chi connectivity index (χ0) is 24.7. The highest BCUT2D eigenvalue weighted by molar-refractivity contribution is 5.94. The quantitative estimate of drug-likeness (QED) is 0.443. The smallest absolute Gasteiger partial charge is 0.276 e. The Morgan fingerprint density at radius 2 is 1.89 bits per heavy atom. The fraction of sp³-hybridized carbons (Fsp3) is 0.357. The van der Waals surface area contributed by atoms with Crippen LogP contribution in [0.25, 0.3) is 22.0 Å². The molecule has 0 saturated carbocycles. The molecule has 1 aliphatic heterocycles. The molecule has 182 valence electrons. The number of aromatic nitrogens is 3. The van der Waals surface area contributed by atoms with Gasteiger partial charge in [-0.2, -0.15) is 5.10 Å². The lowest BCUT2D eigenvalue weighted by molar-refractivity contribution is 0.237. The second kappa shape index (κ2) is 9.23. The lowest BCUT2D eigenvalue weighted by atomic mass is 9.89.